The number of ether oxygens (including phenoxy) is 3. The minimum absolute atomic E-state index is 0.642. The molecule has 0 spiro atoms. The molecule has 0 amide bonds. The molecule has 0 aliphatic carbocycles. The van der Waals surface area contributed by atoms with E-state index in [1.807, 2.05) is 24.3 Å². The maximum absolute atomic E-state index is 5.65. The Bertz CT molecular complexity index is 331. The lowest BCUT2D eigenvalue weighted by atomic mass is 10.2. The zero-order valence-electron chi connectivity index (χ0n) is 11.8. The maximum Gasteiger partial charge on any atom is 0.161 e. The van der Waals surface area contributed by atoms with E-state index in [4.69, 9.17) is 19.9 Å². The second-order valence-electron chi connectivity index (χ2n) is 4.31. The molecule has 1 rings (SSSR count). The van der Waals surface area contributed by atoms with Crippen LogP contribution in [0.2, 0.25) is 0 Å². The summed E-state index contributed by atoms with van der Waals surface area (Å²) in [6.45, 7) is 2.96. The topological polar surface area (TPSA) is 53.7 Å². The molecule has 0 unspecified atom stereocenters. The van der Waals surface area contributed by atoms with Crippen LogP contribution in [0.1, 0.15) is 25.7 Å². The molecule has 108 valence electrons. The molecule has 4 heteroatoms. The van der Waals surface area contributed by atoms with Crippen molar-refractivity contribution in [3.05, 3.63) is 24.3 Å². The van der Waals surface area contributed by atoms with Gasteiger partial charge in [0.15, 0.2) is 11.5 Å². The van der Waals surface area contributed by atoms with E-state index >= 15 is 0 Å². The second kappa shape index (κ2) is 10.6. The van der Waals surface area contributed by atoms with Crippen molar-refractivity contribution >= 4 is 0 Å². The largest absolute Gasteiger partial charge is 0.493 e. The lowest BCUT2D eigenvalue weighted by Crippen LogP contribution is -2.05. The highest BCUT2D eigenvalue weighted by atomic mass is 16.5. The van der Waals surface area contributed by atoms with Crippen LogP contribution in [0, 0.1) is 0 Å². The van der Waals surface area contributed by atoms with Crippen molar-refractivity contribution in [2.75, 3.05) is 33.5 Å². The van der Waals surface area contributed by atoms with Crippen molar-refractivity contribution in [3.8, 4) is 11.5 Å². The molecule has 0 aromatic heterocycles. The van der Waals surface area contributed by atoms with Gasteiger partial charge in [0, 0.05) is 19.6 Å². The van der Waals surface area contributed by atoms with Crippen molar-refractivity contribution < 1.29 is 14.2 Å². The summed E-state index contributed by atoms with van der Waals surface area (Å²) in [4.78, 5) is 0. The number of hydrogen-bond donors (Lipinski definition) is 1. The van der Waals surface area contributed by atoms with Gasteiger partial charge in [-0.1, -0.05) is 12.1 Å². The van der Waals surface area contributed by atoms with E-state index in [1.54, 1.807) is 7.11 Å². The van der Waals surface area contributed by atoms with Gasteiger partial charge in [-0.3, -0.25) is 0 Å². The van der Waals surface area contributed by atoms with Crippen molar-refractivity contribution in [3.63, 3.8) is 0 Å². The van der Waals surface area contributed by atoms with E-state index in [0.29, 0.717) is 6.61 Å². The molecule has 0 fully saturated rings. The third kappa shape index (κ3) is 7.03. The van der Waals surface area contributed by atoms with Crippen molar-refractivity contribution in [2.45, 2.75) is 25.7 Å². The van der Waals surface area contributed by atoms with E-state index in [9.17, 15) is 0 Å². The number of rotatable bonds is 11. The first-order chi connectivity index (χ1) is 9.38. The summed E-state index contributed by atoms with van der Waals surface area (Å²) in [5, 5.41) is 0. The molecule has 0 saturated carbocycles. The first-order valence-electron chi connectivity index (χ1n) is 6.92. The lowest BCUT2D eigenvalue weighted by molar-refractivity contribution is 0.115. The van der Waals surface area contributed by atoms with Gasteiger partial charge in [0.05, 0.1) is 13.7 Å². The van der Waals surface area contributed by atoms with Gasteiger partial charge < -0.3 is 19.9 Å². The molecular formula is C15H25NO3. The Morgan fingerprint density at radius 3 is 2.37 bits per heavy atom. The van der Waals surface area contributed by atoms with Gasteiger partial charge in [-0.2, -0.15) is 0 Å². The Morgan fingerprint density at radius 2 is 1.63 bits per heavy atom. The minimum Gasteiger partial charge on any atom is -0.493 e. The number of unbranched alkanes of at least 4 members (excludes halogenated alkanes) is 2. The molecule has 19 heavy (non-hydrogen) atoms. The zero-order valence-corrected chi connectivity index (χ0v) is 11.8. The van der Waals surface area contributed by atoms with E-state index in [1.165, 1.54) is 0 Å². The van der Waals surface area contributed by atoms with E-state index in [-0.39, 0.29) is 0 Å². The molecule has 0 aliphatic heterocycles. The van der Waals surface area contributed by atoms with Crippen LogP contribution in [0.5, 0.6) is 11.5 Å². The van der Waals surface area contributed by atoms with Gasteiger partial charge >= 0.3 is 0 Å². The SMILES string of the molecule is COc1ccccc1OCCCOCCCCCN. The summed E-state index contributed by atoms with van der Waals surface area (Å²) in [5.74, 6) is 1.55. The van der Waals surface area contributed by atoms with E-state index in [2.05, 4.69) is 0 Å². The third-order valence-corrected chi connectivity index (χ3v) is 2.75. The average Bonchev–Trinajstić information content (AvgIpc) is 2.46. The quantitative estimate of drug-likeness (QED) is 0.626. The normalized spacial score (nSPS) is 10.4. The molecular weight excluding hydrogens is 242 g/mol. The average molecular weight is 267 g/mol. The number of methoxy groups -OCH3 is 1. The summed E-state index contributed by atoms with van der Waals surface area (Å²) in [7, 11) is 1.65. The summed E-state index contributed by atoms with van der Waals surface area (Å²) in [6.07, 6.45) is 4.20. The zero-order chi connectivity index (χ0) is 13.8. The van der Waals surface area contributed by atoms with E-state index in [0.717, 1.165) is 56.9 Å². The fourth-order valence-corrected chi connectivity index (χ4v) is 1.71. The number of hydrogen-bond acceptors (Lipinski definition) is 4. The number of benzene rings is 1. The number of para-hydroxylation sites is 2. The van der Waals surface area contributed by atoms with E-state index < -0.39 is 0 Å². The van der Waals surface area contributed by atoms with Crippen molar-refractivity contribution in [1.29, 1.82) is 0 Å². The van der Waals surface area contributed by atoms with Gasteiger partial charge in [0.25, 0.3) is 0 Å². The fraction of sp³-hybridized carbons (Fsp3) is 0.600. The summed E-state index contributed by atoms with van der Waals surface area (Å²) in [6, 6.07) is 7.66. The predicted molar refractivity (Wildman–Crippen MR) is 76.8 cm³/mol. The molecule has 4 nitrogen and oxygen atoms in total. The summed E-state index contributed by atoms with van der Waals surface area (Å²) >= 11 is 0. The summed E-state index contributed by atoms with van der Waals surface area (Å²) < 4.78 is 16.4. The van der Waals surface area contributed by atoms with Crippen LogP contribution in [-0.2, 0) is 4.74 Å². The Kier molecular flexibility index (Phi) is 8.85. The first-order valence-corrected chi connectivity index (χ1v) is 6.92. The molecule has 0 saturated heterocycles. The minimum atomic E-state index is 0.642. The molecule has 0 radical (unpaired) electrons. The predicted octanol–water partition coefficient (Wildman–Crippen LogP) is 2.61. The standard InChI is InChI=1S/C15H25NO3/c1-17-14-8-3-4-9-15(14)19-13-7-12-18-11-6-2-5-10-16/h3-4,8-9H,2,5-7,10-13,16H2,1H3. The van der Waals surface area contributed by atoms with Crippen molar-refractivity contribution in [2.24, 2.45) is 5.73 Å². The molecule has 0 atom stereocenters. The van der Waals surface area contributed by atoms with Crippen LogP contribution < -0.4 is 15.2 Å². The highest BCUT2D eigenvalue weighted by Crippen LogP contribution is 2.25. The monoisotopic (exact) mass is 267 g/mol. The van der Waals surface area contributed by atoms with Gasteiger partial charge in [-0.05, 0) is 37.9 Å². The Labute approximate surface area is 115 Å². The smallest absolute Gasteiger partial charge is 0.161 e. The third-order valence-electron chi connectivity index (χ3n) is 2.75. The number of nitrogens with two attached hydrogens (primary N) is 1. The first kappa shape index (κ1) is 15.8. The van der Waals surface area contributed by atoms with Crippen LogP contribution in [0.4, 0.5) is 0 Å². The van der Waals surface area contributed by atoms with Gasteiger partial charge in [0.2, 0.25) is 0 Å². The Balaban J connectivity index is 2.01. The molecule has 0 bridgehead atoms. The van der Waals surface area contributed by atoms with Crippen LogP contribution in [0.25, 0.3) is 0 Å². The van der Waals surface area contributed by atoms with Crippen LogP contribution in [0.15, 0.2) is 24.3 Å². The Hall–Kier alpha value is -1.26. The molecule has 1 aromatic rings. The Morgan fingerprint density at radius 1 is 0.895 bits per heavy atom. The maximum atomic E-state index is 5.65. The molecule has 1 aromatic carbocycles. The van der Waals surface area contributed by atoms with Gasteiger partial charge in [0.1, 0.15) is 0 Å². The van der Waals surface area contributed by atoms with Gasteiger partial charge in [-0.25, -0.2) is 0 Å². The van der Waals surface area contributed by atoms with Crippen molar-refractivity contribution in [1.82, 2.24) is 0 Å². The highest BCUT2D eigenvalue weighted by molar-refractivity contribution is 5.39. The fourth-order valence-electron chi connectivity index (χ4n) is 1.71. The van der Waals surface area contributed by atoms with Gasteiger partial charge in [-0.15, -0.1) is 0 Å². The lowest BCUT2D eigenvalue weighted by Gasteiger charge is -2.10. The van der Waals surface area contributed by atoms with Crippen LogP contribution in [0.3, 0.4) is 0 Å². The second-order valence-corrected chi connectivity index (χ2v) is 4.31. The summed E-state index contributed by atoms with van der Waals surface area (Å²) in [5.41, 5.74) is 5.42. The van der Waals surface area contributed by atoms with Crippen LogP contribution >= 0.6 is 0 Å². The highest BCUT2D eigenvalue weighted by Gasteiger charge is 2.01. The molecule has 2 N–H and O–H groups in total. The molecule has 0 heterocycles. The van der Waals surface area contributed by atoms with Crippen LogP contribution in [-0.4, -0.2) is 33.5 Å². The molecule has 0 aliphatic rings.